The first kappa shape index (κ1) is 25.4. The fraction of sp³-hybridized carbons (Fsp3) is 0.625. The molecule has 2 atom stereocenters. The molecule has 2 aliphatic heterocycles. The molecule has 192 valence electrons. The van der Waals surface area contributed by atoms with Crippen LogP contribution in [0, 0.1) is 6.92 Å². The quantitative estimate of drug-likeness (QED) is 0.601. The molecule has 0 spiro atoms. The molecule has 0 bridgehead atoms. The number of nitrogens with one attached hydrogen (secondary N) is 1. The number of aromatic nitrogens is 2. The number of hydrogen-bond acceptors (Lipinski definition) is 7. The lowest BCUT2D eigenvalue weighted by molar-refractivity contribution is -0.154. The number of ether oxygens (including phenoxy) is 2. The predicted molar refractivity (Wildman–Crippen MR) is 120 cm³/mol. The highest BCUT2D eigenvalue weighted by Gasteiger charge is 2.29. The number of carbonyl (C=O) groups is 1. The highest BCUT2D eigenvalue weighted by Crippen LogP contribution is 2.22. The number of rotatable bonds is 8. The van der Waals surface area contributed by atoms with E-state index >= 15 is 0 Å². The number of pyridine rings is 1. The van der Waals surface area contributed by atoms with Gasteiger partial charge in [0.15, 0.2) is 6.61 Å². The van der Waals surface area contributed by atoms with Crippen LogP contribution >= 0.6 is 0 Å². The van der Waals surface area contributed by atoms with Gasteiger partial charge in [0.2, 0.25) is 17.7 Å². The lowest BCUT2D eigenvalue weighted by Crippen LogP contribution is -2.44. The van der Waals surface area contributed by atoms with Crippen molar-refractivity contribution < 1.29 is 31.9 Å². The second-order valence-corrected chi connectivity index (χ2v) is 9.13. The van der Waals surface area contributed by atoms with Gasteiger partial charge in [-0.05, 0) is 38.2 Å². The summed E-state index contributed by atoms with van der Waals surface area (Å²) in [5, 5.41) is 2.99. The molecule has 2 aromatic rings. The standard InChI is InChI=1S/C24H31F3N4O4/c1-16-13-28-23(35-16)12-21(32)29-18-3-4-19(33-14-18)7-10-31-9-6-17-2-5-22(30-20(17)8-11-31)34-15-24(25,26)27/h2,5,13,18-19H,3-4,6-12,14-15H2,1H3,(H,29,32)/t18-,19+/m0/s1. The average Bonchev–Trinajstić information content (AvgIpc) is 3.10. The van der Waals surface area contributed by atoms with Gasteiger partial charge in [0.25, 0.3) is 0 Å². The molecule has 11 heteroatoms. The molecule has 1 saturated heterocycles. The van der Waals surface area contributed by atoms with E-state index in [0.29, 0.717) is 24.7 Å². The fourth-order valence-corrected chi connectivity index (χ4v) is 4.44. The molecule has 0 saturated carbocycles. The van der Waals surface area contributed by atoms with Crippen LogP contribution in [0.15, 0.2) is 22.7 Å². The number of carbonyl (C=O) groups excluding carboxylic acids is 1. The number of fused-ring (bicyclic) bond motifs is 1. The van der Waals surface area contributed by atoms with Gasteiger partial charge >= 0.3 is 6.18 Å². The molecule has 8 nitrogen and oxygen atoms in total. The minimum atomic E-state index is -4.38. The van der Waals surface area contributed by atoms with E-state index < -0.39 is 12.8 Å². The number of hydrogen-bond donors (Lipinski definition) is 1. The van der Waals surface area contributed by atoms with Gasteiger partial charge in [-0.3, -0.25) is 4.79 Å². The van der Waals surface area contributed by atoms with E-state index in [1.165, 1.54) is 6.07 Å². The topological polar surface area (TPSA) is 89.7 Å². The molecule has 35 heavy (non-hydrogen) atoms. The Morgan fingerprint density at radius 2 is 2.09 bits per heavy atom. The number of nitrogens with zero attached hydrogens (tertiary/aromatic N) is 3. The first-order valence-electron chi connectivity index (χ1n) is 12.0. The fourth-order valence-electron chi connectivity index (χ4n) is 4.44. The summed E-state index contributed by atoms with van der Waals surface area (Å²) in [6.07, 6.45) is 1.57. The van der Waals surface area contributed by atoms with Crippen LogP contribution < -0.4 is 10.1 Å². The minimum Gasteiger partial charge on any atom is -0.468 e. The van der Waals surface area contributed by atoms with Crippen LogP contribution in [0.3, 0.4) is 0 Å². The van der Waals surface area contributed by atoms with Crippen LogP contribution in [0.25, 0.3) is 0 Å². The monoisotopic (exact) mass is 496 g/mol. The Bertz CT molecular complexity index is 989. The van der Waals surface area contributed by atoms with Gasteiger partial charge in [-0.2, -0.15) is 13.2 Å². The smallest absolute Gasteiger partial charge is 0.422 e. The van der Waals surface area contributed by atoms with Crippen LogP contribution in [0.4, 0.5) is 13.2 Å². The van der Waals surface area contributed by atoms with E-state index in [1.54, 1.807) is 13.1 Å². The van der Waals surface area contributed by atoms with Gasteiger partial charge in [0.05, 0.1) is 24.9 Å². The van der Waals surface area contributed by atoms with Crippen molar-refractivity contribution in [2.45, 2.75) is 63.8 Å². The third-order valence-electron chi connectivity index (χ3n) is 6.27. The Hall–Kier alpha value is -2.66. The van der Waals surface area contributed by atoms with E-state index in [0.717, 1.165) is 56.6 Å². The summed E-state index contributed by atoms with van der Waals surface area (Å²) in [5.41, 5.74) is 1.86. The molecular formula is C24H31F3N4O4. The van der Waals surface area contributed by atoms with Crippen LogP contribution in [0.5, 0.6) is 5.88 Å². The second kappa shape index (κ2) is 11.4. The zero-order valence-electron chi connectivity index (χ0n) is 19.8. The average molecular weight is 497 g/mol. The Morgan fingerprint density at radius 3 is 2.80 bits per heavy atom. The first-order chi connectivity index (χ1) is 16.7. The molecule has 0 radical (unpaired) electrons. The van der Waals surface area contributed by atoms with Crippen molar-refractivity contribution in [2.24, 2.45) is 0 Å². The van der Waals surface area contributed by atoms with Gasteiger partial charge < -0.3 is 24.1 Å². The van der Waals surface area contributed by atoms with Crippen molar-refractivity contribution in [3.8, 4) is 5.88 Å². The summed E-state index contributed by atoms with van der Waals surface area (Å²) in [6, 6.07) is 3.32. The number of amides is 1. The summed E-state index contributed by atoms with van der Waals surface area (Å²) in [7, 11) is 0. The third kappa shape index (κ3) is 7.93. The molecule has 1 N–H and O–H groups in total. The van der Waals surface area contributed by atoms with Crippen molar-refractivity contribution in [1.82, 2.24) is 20.2 Å². The highest BCUT2D eigenvalue weighted by molar-refractivity contribution is 5.77. The van der Waals surface area contributed by atoms with Crippen LogP contribution in [-0.4, -0.2) is 71.9 Å². The lowest BCUT2D eigenvalue weighted by Gasteiger charge is -2.31. The summed E-state index contributed by atoms with van der Waals surface area (Å²) in [4.78, 5) is 22.9. The van der Waals surface area contributed by atoms with Crippen molar-refractivity contribution in [2.75, 3.05) is 32.8 Å². The molecule has 0 aromatic carbocycles. The number of aryl methyl sites for hydroxylation is 1. The molecule has 4 heterocycles. The maximum absolute atomic E-state index is 12.4. The van der Waals surface area contributed by atoms with E-state index in [2.05, 4.69) is 20.2 Å². The Labute approximate surface area is 202 Å². The predicted octanol–water partition coefficient (Wildman–Crippen LogP) is 3.02. The van der Waals surface area contributed by atoms with Gasteiger partial charge in [-0.25, -0.2) is 9.97 Å². The molecule has 1 fully saturated rings. The number of halogens is 3. The molecule has 0 aliphatic carbocycles. The van der Waals surface area contributed by atoms with E-state index in [-0.39, 0.29) is 30.4 Å². The lowest BCUT2D eigenvalue weighted by atomic mass is 10.0. The van der Waals surface area contributed by atoms with Crippen molar-refractivity contribution >= 4 is 5.91 Å². The van der Waals surface area contributed by atoms with Crippen molar-refractivity contribution in [3.05, 3.63) is 41.2 Å². The Morgan fingerprint density at radius 1 is 1.26 bits per heavy atom. The van der Waals surface area contributed by atoms with E-state index in [1.807, 2.05) is 6.07 Å². The van der Waals surface area contributed by atoms with Crippen LogP contribution in [-0.2, 0) is 28.8 Å². The molecule has 2 aliphatic rings. The Kier molecular flexibility index (Phi) is 8.27. The number of oxazole rings is 1. The molecule has 1 amide bonds. The summed E-state index contributed by atoms with van der Waals surface area (Å²) in [5.74, 6) is 0.987. The highest BCUT2D eigenvalue weighted by atomic mass is 19.4. The molecular weight excluding hydrogens is 465 g/mol. The van der Waals surface area contributed by atoms with Crippen molar-refractivity contribution in [3.63, 3.8) is 0 Å². The van der Waals surface area contributed by atoms with Crippen LogP contribution in [0.2, 0.25) is 0 Å². The first-order valence-corrected chi connectivity index (χ1v) is 12.0. The molecule has 2 aromatic heterocycles. The van der Waals surface area contributed by atoms with E-state index in [9.17, 15) is 18.0 Å². The normalized spacial score (nSPS) is 21.3. The zero-order chi connectivity index (χ0) is 24.8. The molecule has 0 unspecified atom stereocenters. The second-order valence-electron chi connectivity index (χ2n) is 9.13. The third-order valence-corrected chi connectivity index (χ3v) is 6.27. The van der Waals surface area contributed by atoms with Gasteiger partial charge in [-0.15, -0.1) is 0 Å². The molecule has 4 rings (SSSR count). The van der Waals surface area contributed by atoms with Gasteiger partial charge in [-0.1, -0.05) is 6.07 Å². The minimum absolute atomic E-state index is 0.0117. The van der Waals surface area contributed by atoms with E-state index in [4.69, 9.17) is 13.9 Å². The van der Waals surface area contributed by atoms with Gasteiger partial charge in [0.1, 0.15) is 12.2 Å². The number of alkyl halides is 3. The summed E-state index contributed by atoms with van der Waals surface area (Å²) >= 11 is 0. The van der Waals surface area contributed by atoms with Crippen LogP contribution in [0.1, 0.15) is 42.2 Å². The SMILES string of the molecule is Cc1cnc(CC(=O)N[C@H]2CC[C@H](CCN3CCc4ccc(OCC(F)(F)F)nc4CC3)OC2)o1. The summed E-state index contributed by atoms with van der Waals surface area (Å²) < 4.78 is 53.3. The Balaban J connectivity index is 1.16. The van der Waals surface area contributed by atoms with Crippen molar-refractivity contribution in [1.29, 1.82) is 0 Å². The maximum Gasteiger partial charge on any atom is 0.422 e. The summed E-state index contributed by atoms with van der Waals surface area (Å²) in [6.45, 7) is 3.46. The van der Waals surface area contributed by atoms with Gasteiger partial charge in [0, 0.05) is 37.8 Å². The maximum atomic E-state index is 12.4. The zero-order valence-corrected chi connectivity index (χ0v) is 19.8. The largest absolute Gasteiger partial charge is 0.468 e.